The monoisotopic (exact) mass is 235 g/mol. The van der Waals surface area contributed by atoms with Crippen molar-refractivity contribution in [2.75, 3.05) is 0 Å². The molecule has 1 aromatic heterocycles. The lowest BCUT2D eigenvalue weighted by atomic mass is 10.1. The summed E-state index contributed by atoms with van der Waals surface area (Å²) >= 11 is 0. The number of hydrogen-bond acceptors (Lipinski definition) is 3. The highest BCUT2D eigenvalue weighted by Gasteiger charge is 2.11. The van der Waals surface area contributed by atoms with Gasteiger partial charge < -0.3 is 0 Å². The maximum atomic E-state index is 10.9. The molecule has 4 nitrogen and oxygen atoms in total. The first-order valence-electron chi connectivity index (χ1n) is 4.56. The quantitative estimate of drug-likeness (QED) is 0.808. The SMILES string of the molecule is O=S(=O)(O)c1cc(-c2ccccc2)ccn1. The average molecular weight is 235 g/mol. The van der Waals surface area contributed by atoms with Crippen molar-refractivity contribution in [2.24, 2.45) is 0 Å². The van der Waals surface area contributed by atoms with Crippen LogP contribution in [0.3, 0.4) is 0 Å². The molecule has 0 atom stereocenters. The number of hydrogen-bond donors (Lipinski definition) is 1. The second kappa shape index (κ2) is 4.03. The van der Waals surface area contributed by atoms with E-state index in [1.807, 2.05) is 30.3 Å². The van der Waals surface area contributed by atoms with Crippen molar-refractivity contribution in [3.05, 3.63) is 48.7 Å². The Kier molecular flexibility index (Phi) is 2.72. The molecule has 0 unspecified atom stereocenters. The van der Waals surface area contributed by atoms with E-state index >= 15 is 0 Å². The Labute approximate surface area is 93.3 Å². The third kappa shape index (κ3) is 2.26. The molecule has 0 amide bonds. The standard InChI is InChI=1S/C11H9NO3S/c13-16(14,15)11-8-10(6-7-12-11)9-4-2-1-3-5-9/h1-8H,(H,13,14,15). The van der Waals surface area contributed by atoms with Gasteiger partial charge in [-0.1, -0.05) is 30.3 Å². The predicted octanol–water partition coefficient (Wildman–Crippen LogP) is 2.00. The Morgan fingerprint density at radius 1 is 1.00 bits per heavy atom. The molecule has 1 N–H and O–H groups in total. The summed E-state index contributed by atoms with van der Waals surface area (Å²) in [4.78, 5) is 3.60. The lowest BCUT2D eigenvalue weighted by Gasteiger charge is -2.02. The van der Waals surface area contributed by atoms with Crippen molar-refractivity contribution >= 4 is 10.1 Å². The minimum atomic E-state index is -4.24. The number of rotatable bonds is 2. The minimum absolute atomic E-state index is 0.339. The smallest absolute Gasteiger partial charge is 0.281 e. The summed E-state index contributed by atoms with van der Waals surface area (Å²) in [5.41, 5.74) is 1.57. The first kappa shape index (κ1) is 10.8. The summed E-state index contributed by atoms with van der Waals surface area (Å²) in [6, 6.07) is 12.3. The number of pyridine rings is 1. The molecule has 1 aromatic carbocycles. The van der Waals surface area contributed by atoms with Gasteiger partial charge in [0, 0.05) is 6.20 Å². The zero-order valence-corrected chi connectivity index (χ0v) is 9.05. The third-order valence-electron chi connectivity index (χ3n) is 2.11. The molecule has 0 radical (unpaired) electrons. The van der Waals surface area contributed by atoms with Crippen LogP contribution >= 0.6 is 0 Å². The molecule has 0 aliphatic heterocycles. The second-order valence-corrected chi connectivity index (χ2v) is 4.59. The summed E-state index contributed by atoms with van der Waals surface area (Å²) in [6.45, 7) is 0. The van der Waals surface area contributed by atoms with Gasteiger partial charge in [0.05, 0.1) is 0 Å². The topological polar surface area (TPSA) is 67.3 Å². The first-order valence-corrected chi connectivity index (χ1v) is 6.00. The van der Waals surface area contributed by atoms with Gasteiger partial charge in [0.15, 0.2) is 5.03 Å². The van der Waals surface area contributed by atoms with Gasteiger partial charge >= 0.3 is 10.1 Å². The van der Waals surface area contributed by atoms with Crippen molar-refractivity contribution in [3.8, 4) is 11.1 Å². The third-order valence-corrected chi connectivity index (χ3v) is 2.86. The van der Waals surface area contributed by atoms with Gasteiger partial charge in [-0.05, 0) is 23.3 Å². The summed E-state index contributed by atoms with van der Waals surface area (Å²) in [7, 11) is -4.24. The Morgan fingerprint density at radius 3 is 2.31 bits per heavy atom. The van der Waals surface area contributed by atoms with Crippen molar-refractivity contribution in [1.82, 2.24) is 4.98 Å². The van der Waals surface area contributed by atoms with Crippen LogP contribution in [0.4, 0.5) is 0 Å². The van der Waals surface area contributed by atoms with Crippen LogP contribution in [0.15, 0.2) is 53.7 Å². The minimum Gasteiger partial charge on any atom is -0.281 e. The van der Waals surface area contributed by atoms with Crippen molar-refractivity contribution < 1.29 is 13.0 Å². The van der Waals surface area contributed by atoms with Gasteiger partial charge in [-0.15, -0.1) is 0 Å². The molecule has 0 aliphatic carbocycles. The zero-order valence-electron chi connectivity index (χ0n) is 8.24. The van der Waals surface area contributed by atoms with Gasteiger partial charge in [-0.3, -0.25) is 4.55 Å². The van der Waals surface area contributed by atoms with Crippen LogP contribution in [0.25, 0.3) is 11.1 Å². The first-order chi connectivity index (χ1) is 7.57. The summed E-state index contributed by atoms with van der Waals surface area (Å²) < 4.78 is 30.7. The van der Waals surface area contributed by atoms with Crippen LogP contribution in [0, 0.1) is 0 Å². The summed E-state index contributed by atoms with van der Waals surface area (Å²) in [6.07, 6.45) is 1.35. The zero-order chi connectivity index (χ0) is 11.6. The lowest BCUT2D eigenvalue weighted by Crippen LogP contribution is -2.00. The van der Waals surface area contributed by atoms with E-state index in [4.69, 9.17) is 4.55 Å². The van der Waals surface area contributed by atoms with Gasteiger partial charge in [0.2, 0.25) is 0 Å². The predicted molar refractivity (Wildman–Crippen MR) is 59.5 cm³/mol. The van der Waals surface area contributed by atoms with E-state index in [-0.39, 0.29) is 5.03 Å². The Hall–Kier alpha value is -1.72. The van der Waals surface area contributed by atoms with Crippen molar-refractivity contribution in [3.63, 3.8) is 0 Å². The van der Waals surface area contributed by atoms with E-state index in [9.17, 15) is 8.42 Å². The van der Waals surface area contributed by atoms with Gasteiger partial charge in [-0.2, -0.15) is 8.42 Å². The fourth-order valence-corrected chi connectivity index (χ4v) is 1.83. The summed E-state index contributed by atoms with van der Waals surface area (Å²) in [5.74, 6) is 0. The van der Waals surface area contributed by atoms with Crippen LogP contribution in [0.2, 0.25) is 0 Å². The Bertz CT molecular complexity index is 594. The maximum Gasteiger partial charge on any atom is 0.312 e. The number of benzene rings is 1. The van der Waals surface area contributed by atoms with Crippen molar-refractivity contribution in [1.29, 1.82) is 0 Å². The fraction of sp³-hybridized carbons (Fsp3) is 0. The molecule has 0 saturated carbocycles. The molecule has 0 fully saturated rings. The van der Waals surface area contributed by atoms with E-state index in [0.717, 1.165) is 5.56 Å². The fourth-order valence-electron chi connectivity index (χ4n) is 1.36. The average Bonchev–Trinajstić information content (AvgIpc) is 2.29. The largest absolute Gasteiger partial charge is 0.312 e. The number of aromatic nitrogens is 1. The molecule has 2 rings (SSSR count). The van der Waals surface area contributed by atoms with Crippen LogP contribution in [-0.2, 0) is 10.1 Å². The van der Waals surface area contributed by atoms with Crippen LogP contribution in [0.1, 0.15) is 0 Å². The maximum absolute atomic E-state index is 10.9. The molecule has 0 saturated heterocycles. The molecule has 2 aromatic rings. The molecule has 5 heteroatoms. The Morgan fingerprint density at radius 2 is 1.69 bits per heavy atom. The van der Waals surface area contributed by atoms with E-state index in [1.54, 1.807) is 6.07 Å². The second-order valence-electron chi connectivity index (χ2n) is 3.22. The molecular weight excluding hydrogens is 226 g/mol. The van der Waals surface area contributed by atoms with E-state index in [0.29, 0.717) is 5.56 Å². The molecule has 0 spiro atoms. The molecular formula is C11H9NO3S. The molecule has 16 heavy (non-hydrogen) atoms. The van der Waals surface area contributed by atoms with Gasteiger partial charge in [0.25, 0.3) is 0 Å². The lowest BCUT2D eigenvalue weighted by molar-refractivity contribution is 0.479. The highest BCUT2D eigenvalue weighted by atomic mass is 32.2. The molecule has 1 heterocycles. The Balaban J connectivity index is 2.53. The van der Waals surface area contributed by atoms with Gasteiger partial charge in [-0.25, -0.2) is 4.98 Å². The molecule has 0 bridgehead atoms. The summed E-state index contributed by atoms with van der Waals surface area (Å²) in [5, 5.41) is -0.339. The highest BCUT2D eigenvalue weighted by molar-refractivity contribution is 7.85. The molecule has 82 valence electrons. The van der Waals surface area contributed by atoms with Crippen LogP contribution in [0.5, 0.6) is 0 Å². The van der Waals surface area contributed by atoms with E-state index < -0.39 is 10.1 Å². The van der Waals surface area contributed by atoms with E-state index in [2.05, 4.69) is 4.98 Å². The number of nitrogens with zero attached hydrogens (tertiary/aromatic N) is 1. The van der Waals surface area contributed by atoms with Crippen LogP contribution < -0.4 is 0 Å². The van der Waals surface area contributed by atoms with Gasteiger partial charge in [0.1, 0.15) is 0 Å². The highest BCUT2D eigenvalue weighted by Crippen LogP contribution is 2.20. The normalized spacial score (nSPS) is 11.3. The van der Waals surface area contributed by atoms with E-state index in [1.165, 1.54) is 12.3 Å². The molecule has 0 aliphatic rings. The van der Waals surface area contributed by atoms with Crippen molar-refractivity contribution in [2.45, 2.75) is 5.03 Å². The van der Waals surface area contributed by atoms with Crippen LogP contribution in [-0.4, -0.2) is 18.0 Å².